The van der Waals surface area contributed by atoms with E-state index in [-0.39, 0.29) is 17.3 Å². The molecule has 0 bridgehead atoms. The number of hydrogen-bond acceptors (Lipinski definition) is 6. The van der Waals surface area contributed by atoms with Gasteiger partial charge in [-0.05, 0) is 19.1 Å². The minimum atomic E-state index is -0.520. The Labute approximate surface area is 149 Å². The Hall–Kier alpha value is -2.74. The molecule has 9 heteroatoms. The molecule has 2 aromatic heterocycles. The average molecular weight is 358 g/mol. The van der Waals surface area contributed by atoms with Gasteiger partial charge in [0.1, 0.15) is 23.0 Å². The van der Waals surface area contributed by atoms with Crippen molar-refractivity contribution in [2.75, 3.05) is 13.7 Å². The lowest BCUT2D eigenvalue weighted by atomic mass is 10.2. The van der Waals surface area contributed by atoms with Crippen LogP contribution in [0.25, 0.3) is 16.9 Å². The normalized spacial score (nSPS) is 10.7. The summed E-state index contributed by atoms with van der Waals surface area (Å²) in [6, 6.07) is 6.58. The van der Waals surface area contributed by atoms with Crippen LogP contribution in [0.4, 0.5) is 0 Å². The van der Waals surface area contributed by atoms with Crippen molar-refractivity contribution in [3.8, 4) is 17.3 Å². The van der Waals surface area contributed by atoms with Crippen molar-refractivity contribution in [1.29, 1.82) is 0 Å². The predicted octanol–water partition coefficient (Wildman–Crippen LogP) is 2.72. The Morgan fingerprint density at radius 2 is 2.12 bits per heavy atom. The lowest BCUT2D eigenvalue weighted by Gasteiger charge is -2.10. The van der Waals surface area contributed by atoms with Gasteiger partial charge in [-0.2, -0.15) is 0 Å². The first-order valence-electron chi connectivity index (χ1n) is 7.35. The number of halogens is 1. The van der Waals surface area contributed by atoms with Crippen LogP contribution in [0, 0.1) is 0 Å². The number of carbonyl (C=O) groups is 1. The van der Waals surface area contributed by atoms with Crippen molar-refractivity contribution in [3.05, 3.63) is 41.3 Å². The molecule has 0 aliphatic carbocycles. The Balaban J connectivity index is 2.07. The van der Waals surface area contributed by atoms with Crippen LogP contribution in [-0.4, -0.2) is 42.3 Å². The monoisotopic (exact) mass is 357 g/mol. The van der Waals surface area contributed by atoms with Gasteiger partial charge in [-0.25, -0.2) is 14.8 Å². The number of hydrogen-bond donors (Lipinski definition) is 0. The molecule has 0 saturated carbocycles. The fourth-order valence-electron chi connectivity index (χ4n) is 2.37. The number of imidazole rings is 1. The zero-order valence-corrected chi connectivity index (χ0v) is 14.3. The molecule has 126 valence electrons. The van der Waals surface area contributed by atoms with Crippen molar-refractivity contribution in [2.45, 2.75) is 6.92 Å². The lowest BCUT2D eigenvalue weighted by Crippen LogP contribution is -2.07. The van der Waals surface area contributed by atoms with Crippen molar-refractivity contribution >= 4 is 36.7 Å². The van der Waals surface area contributed by atoms with E-state index in [1.165, 1.54) is 7.11 Å². The predicted molar refractivity (Wildman–Crippen MR) is 92.8 cm³/mol. The molecule has 0 fully saturated rings. The highest BCUT2D eigenvalue weighted by molar-refractivity contribution is 6.32. The molecule has 0 unspecified atom stereocenters. The first kappa shape index (κ1) is 17.1. The SMILES string of the molecule is [B]Oc1cc2ncn(-c3ccc(C(=O)OCC)c(Cl)n3)c2cc1OC. The van der Waals surface area contributed by atoms with Crippen LogP contribution >= 0.6 is 11.6 Å². The van der Waals surface area contributed by atoms with Gasteiger partial charge in [-0.1, -0.05) is 11.6 Å². The third-order valence-electron chi connectivity index (χ3n) is 3.54. The summed E-state index contributed by atoms with van der Waals surface area (Å²) in [5.41, 5.74) is 1.55. The first-order chi connectivity index (χ1) is 12.1. The zero-order chi connectivity index (χ0) is 18.0. The molecule has 0 amide bonds. The Kier molecular flexibility index (Phi) is 4.80. The fourth-order valence-corrected chi connectivity index (χ4v) is 2.60. The summed E-state index contributed by atoms with van der Waals surface area (Å²) in [4.78, 5) is 20.4. The van der Waals surface area contributed by atoms with Gasteiger partial charge >= 0.3 is 14.0 Å². The van der Waals surface area contributed by atoms with E-state index in [0.29, 0.717) is 28.4 Å². The smallest absolute Gasteiger partial charge is 0.374 e. The van der Waals surface area contributed by atoms with E-state index in [4.69, 9.17) is 33.8 Å². The van der Waals surface area contributed by atoms with Crippen molar-refractivity contribution < 1.29 is 18.9 Å². The quantitative estimate of drug-likeness (QED) is 0.397. The van der Waals surface area contributed by atoms with Gasteiger partial charge in [0, 0.05) is 12.1 Å². The summed E-state index contributed by atoms with van der Waals surface area (Å²) in [6.07, 6.45) is 1.58. The van der Waals surface area contributed by atoms with Gasteiger partial charge in [0.25, 0.3) is 0 Å². The van der Waals surface area contributed by atoms with Gasteiger partial charge in [0.15, 0.2) is 5.75 Å². The zero-order valence-electron chi connectivity index (χ0n) is 13.5. The van der Waals surface area contributed by atoms with Gasteiger partial charge in [0.2, 0.25) is 0 Å². The molecule has 3 aromatic rings. The van der Waals surface area contributed by atoms with Crippen LogP contribution in [0.5, 0.6) is 11.5 Å². The topological polar surface area (TPSA) is 75.5 Å². The Bertz CT molecular complexity index is 945. The van der Waals surface area contributed by atoms with Crippen LogP contribution in [0.2, 0.25) is 5.15 Å². The third-order valence-corrected chi connectivity index (χ3v) is 3.82. The van der Waals surface area contributed by atoms with Crippen LogP contribution in [-0.2, 0) is 4.74 Å². The number of fused-ring (bicyclic) bond motifs is 1. The maximum atomic E-state index is 11.8. The van der Waals surface area contributed by atoms with E-state index in [1.54, 1.807) is 42.1 Å². The largest absolute Gasteiger partial charge is 0.565 e. The highest BCUT2D eigenvalue weighted by Gasteiger charge is 2.16. The summed E-state index contributed by atoms with van der Waals surface area (Å²) < 4.78 is 16.7. The maximum Gasteiger partial charge on any atom is 0.374 e. The molecule has 0 N–H and O–H groups in total. The molecular formula is C16H13BClN3O4. The van der Waals surface area contributed by atoms with Crippen molar-refractivity contribution in [2.24, 2.45) is 0 Å². The number of esters is 1. The van der Waals surface area contributed by atoms with Gasteiger partial charge in [0.05, 0.1) is 30.3 Å². The number of ether oxygens (including phenoxy) is 2. The first-order valence-corrected chi connectivity index (χ1v) is 7.72. The molecule has 7 nitrogen and oxygen atoms in total. The van der Waals surface area contributed by atoms with Crippen LogP contribution in [0.1, 0.15) is 17.3 Å². The molecule has 25 heavy (non-hydrogen) atoms. The number of pyridine rings is 1. The summed E-state index contributed by atoms with van der Waals surface area (Å²) in [5, 5.41) is 0.0478. The molecule has 0 saturated heterocycles. The molecule has 3 rings (SSSR count). The van der Waals surface area contributed by atoms with Crippen LogP contribution in [0.3, 0.4) is 0 Å². The van der Waals surface area contributed by atoms with E-state index in [0.717, 1.165) is 0 Å². The minimum Gasteiger partial charge on any atom is -0.565 e. The van der Waals surface area contributed by atoms with E-state index in [9.17, 15) is 4.79 Å². The average Bonchev–Trinajstić information content (AvgIpc) is 3.03. The number of rotatable bonds is 5. The van der Waals surface area contributed by atoms with Gasteiger partial charge in [-0.3, -0.25) is 4.57 Å². The maximum absolute atomic E-state index is 11.8. The molecule has 0 spiro atoms. The molecule has 0 aliphatic rings. The second kappa shape index (κ2) is 7.02. The number of carbonyl (C=O) groups excluding carboxylic acids is 1. The summed E-state index contributed by atoms with van der Waals surface area (Å²) in [5.74, 6) is 0.785. The van der Waals surface area contributed by atoms with Gasteiger partial charge in [-0.15, -0.1) is 0 Å². The summed E-state index contributed by atoms with van der Waals surface area (Å²) >= 11 is 6.13. The third kappa shape index (κ3) is 3.12. The Morgan fingerprint density at radius 3 is 2.76 bits per heavy atom. The second-order valence-electron chi connectivity index (χ2n) is 4.95. The van der Waals surface area contributed by atoms with E-state index in [1.807, 2.05) is 0 Å². The molecule has 0 aliphatic heterocycles. The summed E-state index contributed by atoms with van der Waals surface area (Å²) in [7, 11) is 6.74. The molecule has 1 aromatic carbocycles. The number of nitrogens with zero attached hydrogens (tertiary/aromatic N) is 3. The molecule has 0 atom stereocenters. The van der Waals surface area contributed by atoms with Gasteiger partial charge < -0.3 is 14.1 Å². The van der Waals surface area contributed by atoms with Crippen LogP contribution < -0.4 is 9.39 Å². The highest BCUT2D eigenvalue weighted by atomic mass is 35.5. The highest BCUT2D eigenvalue weighted by Crippen LogP contribution is 2.32. The van der Waals surface area contributed by atoms with Crippen molar-refractivity contribution in [1.82, 2.24) is 14.5 Å². The molecule has 2 heterocycles. The number of methoxy groups -OCH3 is 1. The number of aromatic nitrogens is 3. The van der Waals surface area contributed by atoms with E-state index < -0.39 is 5.97 Å². The molecular weight excluding hydrogens is 344 g/mol. The fraction of sp³-hybridized carbons (Fsp3) is 0.188. The molecule has 2 radical (unpaired) electrons. The van der Waals surface area contributed by atoms with E-state index in [2.05, 4.69) is 9.97 Å². The van der Waals surface area contributed by atoms with E-state index >= 15 is 0 Å². The Morgan fingerprint density at radius 1 is 1.32 bits per heavy atom. The summed E-state index contributed by atoms with van der Waals surface area (Å²) in [6.45, 7) is 1.98. The van der Waals surface area contributed by atoms with Crippen LogP contribution in [0.15, 0.2) is 30.6 Å². The van der Waals surface area contributed by atoms with Crippen molar-refractivity contribution in [3.63, 3.8) is 0 Å². The number of benzene rings is 1. The minimum absolute atomic E-state index is 0.0478. The lowest BCUT2D eigenvalue weighted by molar-refractivity contribution is 0.0526. The second-order valence-corrected chi connectivity index (χ2v) is 5.31. The standard InChI is InChI=1S/C16H13BClN3O4/c1-3-24-16(22)9-4-5-14(20-15(9)18)21-8-19-10-6-13(25-17)12(23-2)7-11(10)21/h4-8H,3H2,1-2H3.